The van der Waals surface area contributed by atoms with Crippen molar-refractivity contribution in [2.24, 2.45) is 0 Å². The summed E-state index contributed by atoms with van der Waals surface area (Å²) in [7, 11) is 0. The number of hydrogen-bond acceptors (Lipinski definition) is 0. The zero-order valence-electron chi connectivity index (χ0n) is 31.8. The van der Waals surface area contributed by atoms with Gasteiger partial charge >= 0.3 is 0 Å². The first-order valence-electron chi connectivity index (χ1n) is 18.0. The summed E-state index contributed by atoms with van der Waals surface area (Å²) in [5.74, 6) is 0. The molecule has 2 heterocycles. The Kier molecular flexibility index (Phi) is 7.21. The number of nitrogens with zero attached hydrogens (tertiary/aromatic N) is 2. The van der Waals surface area contributed by atoms with Crippen LogP contribution in [-0.2, 0) is 0 Å². The van der Waals surface area contributed by atoms with Gasteiger partial charge in [0.15, 0.2) is 0 Å². The van der Waals surface area contributed by atoms with E-state index < -0.39 is 0 Å². The predicted octanol–water partition coefficient (Wildman–Crippen LogP) is 13.2. The van der Waals surface area contributed by atoms with Gasteiger partial charge in [-0.15, -0.1) is 0 Å². The molecule has 6 aromatic carbocycles. The Labute approximate surface area is 297 Å². The summed E-state index contributed by atoms with van der Waals surface area (Å²) >= 11 is 0. The summed E-state index contributed by atoms with van der Waals surface area (Å²) < 4.78 is 5.10. The maximum atomic E-state index is 2.55. The first-order valence-corrected chi connectivity index (χ1v) is 18.0. The Morgan fingerprint density at radius 1 is 0.280 bits per heavy atom. The lowest BCUT2D eigenvalue weighted by molar-refractivity contribution is 1.07. The molecule has 250 valence electrons. The molecule has 0 bridgehead atoms. The topological polar surface area (TPSA) is 9.86 Å². The van der Waals surface area contributed by atoms with Crippen molar-refractivity contribution in [3.63, 3.8) is 0 Å². The number of aryl methyl sites for hydroxylation is 4. The van der Waals surface area contributed by atoms with E-state index in [1.807, 2.05) is 0 Å². The molecule has 50 heavy (non-hydrogen) atoms. The molecule has 0 aliphatic heterocycles. The minimum Gasteiger partial charge on any atom is -0.309 e. The van der Waals surface area contributed by atoms with Crippen molar-refractivity contribution in [1.82, 2.24) is 9.13 Å². The standard InChI is InChI=1S/C48H48N2/c1-25-13-17-41-37(21-25)38-22-26(2)14-18-42(38)49(41)47-33(9)29(5)31(7)45(35(47)11)46-32(8)30(6)34(10)48(36(46)12)50-43-19-15-27(3)23-39(43)40-24-28(4)16-20-44(40)50/h13-24H,1-12H3. The average molecular weight is 653 g/mol. The molecule has 0 amide bonds. The fourth-order valence-electron chi connectivity index (χ4n) is 9.06. The third kappa shape index (κ3) is 4.40. The second-order valence-electron chi connectivity index (χ2n) is 15.2. The van der Waals surface area contributed by atoms with Crippen LogP contribution in [-0.4, -0.2) is 9.13 Å². The molecule has 2 nitrogen and oxygen atoms in total. The highest BCUT2D eigenvalue weighted by molar-refractivity contribution is 6.11. The summed E-state index contributed by atoms with van der Waals surface area (Å²) in [5.41, 5.74) is 26.4. The zero-order chi connectivity index (χ0) is 35.5. The maximum Gasteiger partial charge on any atom is 0.0541 e. The maximum absolute atomic E-state index is 2.55. The van der Waals surface area contributed by atoms with Crippen molar-refractivity contribution < 1.29 is 0 Å². The lowest BCUT2D eigenvalue weighted by Crippen LogP contribution is -2.10. The Morgan fingerprint density at radius 3 is 0.800 bits per heavy atom. The van der Waals surface area contributed by atoms with E-state index in [0.717, 1.165) is 0 Å². The van der Waals surface area contributed by atoms with Gasteiger partial charge in [-0.3, -0.25) is 0 Å². The van der Waals surface area contributed by atoms with Crippen LogP contribution in [0.1, 0.15) is 66.8 Å². The van der Waals surface area contributed by atoms with E-state index >= 15 is 0 Å². The molecule has 0 aliphatic carbocycles. The predicted molar refractivity (Wildman–Crippen MR) is 217 cm³/mol. The van der Waals surface area contributed by atoms with E-state index in [2.05, 4.69) is 165 Å². The Balaban J connectivity index is 1.51. The van der Waals surface area contributed by atoms with Gasteiger partial charge in [-0.1, -0.05) is 46.5 Å². The van der Waals surface area contributed by atoms with E-state index in [-0.39, 0.29) is 0 Å². The molecule has 8 rings (SSSR count). The molecule has 0 atom stereocenters. The van der Waals surface area contributed by atoms with Gasteiger partial charge in [0.1, 0.15) is 0 Å². The molecule has 2 aromatic heterocycles. The fraction of sp³-hybridized carbons (Fsp3) is 0.250. The van der Waals surface area contributed by atoms with E-state index in [1.54, 1.807) is 0 Å². The second kappa shape index (κ2) is 11.2. The molecule has 0 saturated heterocycles. The molecule has 0 fully saturated rings. The van der Waals surface area contributed by atoms with Gasteiger partial charge < -0.3 is 9.13 Å². The van der Waals surface area contributed by atoms with Crippen molar-refractivity contribution in [1.29, 1.82) is 0 Å². The van der Waals surface area contributed by atoms with E-state index in [1.165, 1.54) is 133 Å². The smallest absolute Gasteiger partial charge is 0.0541 e. The molecule has 0 radical (unpaired) electrons. The van der Waals surface area contributed by atoms with Crippen LogP contribution in [0.15, 0.2) is 72.8 Å². The van der Waals surface area contributed by atoms with Crippen LogP contribution < -0.4 is 0 Å². The summed E-state index contributed by atoms with van der Waals surface area (Å²) in [6.45, 7) is 27.5. The molecule has 0 unspecified atom stereocenters. The van der Waals surface area contributed by atoms with Crippen molar-refractivity contribution in [2.45, 2.75) is 83.1 Å². The van der Waals surface area contributed by atoms with Gasteiger partial charge in [0.2, 0.25) is 0 Å². The summed E-state index contributed by atoms with van der Waals surface area (Å²) in [6, 6.07) is 27.8. The minimum absolute atomic E-state index is 1.27. The molecule has 0 saturated carbocycles. The number of benzene rings is 6. The largest absolute Gasteiger partial charge is 0.309 e. The second-order valence-corrected chi connectivity index (χ2v) is 15.2. The molecule has 0 N–H and O–H groups in total. The molecule has 0 spiro atoms. The molecule has 0 aliphatic rings. The monoisotopic (exact) mass is 652 g/mol. The number of aromatic nitrogens is 2. The number of hydrogen-bond donors (Lipinski definition) is 0. The fourth-order valence-corrected chi connectivity index (χ4v) is 9.06. The highest BCUT2D eigenvalue weighted by Gasteiger charge is 2.27. The normalized spacial score (nSPS) is 12.0. The zero-order valence-corrected chi connectivity index (χ0v) is 31.8. The van der Waals surface area contributed by atoms with Crippen molar-refractivity contribution in [3.05, 3.63) is 140 Å². The van der Waals surface area contributed by atoms with Crippen LogP contribution in [0.4, 0.5) is 0 Å². The van der Waals surface area contributed by atoms with Crippen molar-refractivity contribution in [2.75, 3.05) is 0 Å². The van der Waals surface area contributed by atoms with Gasteiger partial charge in [-0.2, -0.15) is 0 Å². The summed E-state index contributed by atoms with van der Waals surface area (Å²) in [5, 5.41) is 5.28. The molecular formula is C48H48N2. The van der Waals surface area contributed by atoms with E-state index in [4.69, 9.17) is 0 Å². The first-order chi connectivity index (χ1) is 23.8. The van der Waals surface area contributed by atoms with Gasteiger partial charge in [0.25, 0.3) is 0 Å². The average Bonchev–Trinajstić information content (AvgIpc) is 3.55. The van der Waals surface area contributed by atoms with Gasteiger partial charge in [0, 0.05) is 21.5 Å². The molecular weight excluding hydrogens is 605 g/mol. The Hall–Kier alpha value is -5.08. The number of fused-ring (bicyclic) bond motifs is 6. The van der Waals surface area contributed by atoms with Crippen LogP contribution in [0.2, 0.25) is 0 Å². The minimum atomic E-state index is 1.27. The lowest BCUT2D eigenvalue weighted by Gasteiger charge is -2.28. The van der Waals surface area contributed by atoms with Crippen LogP contribution in [0.3, 0.4) is 0 Å². The Bertz CT molecular complexity index is 2450. The van der Waals surface area contributed by atoms with Gasteiger partial charge in [0.05, 0.1) is 33.4 Å². The van der Waals surface area contributed by atoms with Crippen LogP contribution >= 0.6 is 0 Å². The highest BCUT2D eigenvalue weighted by Crippen LogP contribution is 2.46. The summed E-state index contributed by atoms with van der Waals surface area (Å²) in [6.07, 6.45) is 0. The SMILES string of the molecule is Cc1ccc2c(c1)c1cc(C)ccc1n2-c1c(C)c(C)c(C)c(-c2c(C)c(C)c(C)c(-n3c4ccc(C)cc4c4cc(C)ccc43)c2C)c1C. The molecule has 8 aromatic rings. The highest BCUT2D eigenvalue weighted by atomic mass is 15.0. The van der Waals surface area contributed by atoms with Crippen molar-refractivity contribution >= 4 is 43.6 Å². The third-order valence-corrected chi connectivity index (χ3v) is 12.0. The van der Waals surface area contributed by atoms with Gasteiger partial charge in [-0.25, -0.2) is 0 Å². The first kappa shape index (κ1) is 32.1. The lowest BCUT2D eigenvalue weighted by atomic mass is 9.81. The van der Waals surface area contributed by atoms with E-state index in [0.29, 0.717) is 0 Å². The third-order valence-electron chi connectivity index (χ3n) is 12.0. The van der Waals surface area contributed by atoms with Crippen molar-refractivity contribution in [3.8, 4) is 22.5 Å². The van der Waals surface area contributed by atoms with Crippen LogP contribution in [0.5, 0.6) is 0 Å². The number of rotatable bonds is 3. The molecule has 2 heteroatoms. The quantitative estimate of drug-likeness (QED) is 0.180. The van der Waals surface area contributed by atoms with Gasteiger partial charge in [-0.05, 0) is 187 Å². The van der Waals surface area contributed by atoms with Crippen LogP contribution in [0.25, 0.3) is 66.1 Å². The van der Waals surface area contributed by atoms with Crippen LogP contribution in [0, 0.1) is 83.1 Å². The summed E-state index contributed by atoms with van der Waals surface area (Å²) in [4.78, 5) is 0. The Morgan fingerprint density at radius 2 is 0.540 bits per heavy atom. The van der Waals surface area contributed by atoms with E-state index in [9.17, 15) is 0 Å².